The lowest BCUT2D eigenvalue weighted by atomic mass is 9.85. The molecule has 1 aliphatic rings. The van der Waals surface area contributed by atoms with Crippen molar-refractivity contribution in [3.63, 3.8) is 0 Å². The van der Waals surface area contributed by atoms with E-state index in [1.165, 1.54) is 12.8 Å². The van der Waals surface area contributed by atoms with Gasteiger partial charge in [-0.2, -0.15) is 9.61 Å². The molecule has 0 amide bonds. The number of pyridine rings is 1. The second-order valence-corrected chi connectivity index (χ2v) is 7.80. The van der Waals surface area contributed by atoms with Gasteiger partial charge in [0.1, 0.15) is 11.6 Å². The minimum Gasteiger partial charge on any atom is -0.396 e. The molecule has 1 aliphatic carbocycles. The number of aliphatic hydroxyl groups is 1. The smallest absolute Gasteiger partial charge is 0.173 e. The summed E-state index contributed by atoms with van der Waals surface area (Å²) in [4.78, 5) is 8.88. The summed E-state index contributed by atoms with van der Waals surface area (Å²) in [5.41, 5.74) is 1.85. The van der Waals surface area contributed by atoms with E-state index in [1.54, 1.807) is 16.9 Å². The number of halogens is 1. The number of anilines is 2. The molecule has 0 bridgehead atoms. The lowest BCUT2D eigenvalue weighted by molar-refractivity contribution is 0.178. The number of fused-ring (bicyclic) bond motifs is 1. The Morgan fingerprint density at radius 3 is 2.96 bits per heavy atom. The summed E-state index contributed by atoms with van der Waals surface area (Å²) in [5.74, 6) is 1.92. The summed E-state index contributed by atoms with van der Waals surface area (Å²) >= 11 is 3.53. The third-order valence-corrected chi connectivity index (χ3v) is 5.66. The molecule has 1 fully saturated rings. The van der Waals surface area contributed by atoms with Crippen molar-refractivity contribution in [1.29, 1.82) is 0 Å². The maximum Gasteiger partial charge on any atom is 0.173 e. The van der Waals surface area contributed by atoms with Crippen LogP contribution in [-0.2, 0) is 6.54 Å². The third-order valence-electron chi connectivity index (χ3n) is 5.10. The Morgan fingerprint density at radius 1 is 1.26 bits per heavy atom. The van der Waals surface area contributed by atoms with Crippen LogP contribution in [-0.4, -0.2) is 37.3 Å². The summed E-state index contributed by atoms with van der Waals surface area (Å²) in [6.07, 6.45) is 9.83. The number of hydrogen-bond donors (Lipinski definition) is 3. The van der Waals surface area contributed by atoms with Crippen LogP contribution in [0.2, 0.25) is 0 Å². The first-order chi connectivity index (χ1) is 13.2. The highest BCUT2D eigenvalue weighted by Gasteiger charge is 2.25. The Bertz CT molecular complexity index is 900. The molecular weight excluding hydrogens is 408 g/mol. The average molecular weight is 431 g/mol. The van der Waals surface area contributed by atoms with Crippen LogP contribution in [0, 0.1) is 5.92 Å². The fourth-order valence-electron chi connectivity index (χ4n) is 3.64. The minimum atomic E-state index is 0.211. The molecule has 7 nitrogen and oxygen atoms in total. The van der Waals surface area contributed by atoms with Crippen molar-refractivity contribution in [2.45, 2.75) is 38.3 Å². The monoisotopic (exact) mass is 430 g/mol. The molecule has 0 spiro atoms. The van der Waals surface area contributed by atoms with Gasteiger partial charge in [-0.05, 0) is 40.4 Å². The molecule has 27 heavy (non-hydrogen) atoms. The van der Waals surface area contributed by atoms with Crippen LogP contribution < -0.4 is 10.6 Å². The highest BCUT2D eigenvalue weighted by atomic mass is 79.9. The topological polar surface area (TPSA) is 87.4 Å². The maximum atomic E-state index is 9.69. The zero-order valence-corrected chi connectivity index (χ0v) is 16.6. The normalized spacial score (nSPS) is 19.9. The summed E-state index contributed by atoms with van der Waals surface area (Å²) < 4.78 is 2.63. The zero-order chi connectivity index (χ0) is 18.6. The fraction of sp³-hybridized carbons (Fsp3) is 0.421. The van der Waals surface area contributed by atoms with Crippen molar-refractivity contribution >= 4 is 33.2 Å². The van der Waals surface area contributed by atoms with Crippen LogP contribution in [0.1, 0.15) is 31.2 Å². The first-order valence-electron chi connectivity index (χ1n) is 9.29. The van der Waals surface area contributed by atoms with Crippen molar-refractivity contribution in [3.8, 4) is 0 Å². The molecule has 2 atom stereocenters. The van der Waals surface area contributed by atoms with E-state index < -0.39 is 0 Å². The fourth-order valence-corrected chi connectivity index (χ4v) is 3.99. The van der Waals surface area contributed by atoms with E-state index in [4.69, 9.17) is 4.98 Å². The zero-order valence-electron chi connectivity index (χ0n) is 15.0. The molecule has 3 N–H and O–H groups in total. The molecule has 0 aromatic carbocycles. The van der Waals surface area contributed by atoms with E-state index in [1.807, 2.05) is 24.4 Å². The Labute approximate surface area is 166 Å². The van der Waals surface area contributed by atoms with Gasteiger partial charge in [0, 0.05) is 43.6 Å². The molecule has 0 saturated heterocycles. The standard InChI is InChI=1S/C19H23BrN6O/c20-15-11-23-26-18(22-10-13-4-3-7-21-9-13)8-17(25-19(15)26)24-16-6-2-1-5-14(16)12-27/h3-4,7-9,11,14,16,22,27H,1-2,5-6,10,12H2,(H,24,25)/t14-,16-/m1/s1. The average Bonchev–Trinajstić information content (AvgIpc) is 3.08. The highest BCUT2D eigenvalue weighted by molar-refractivity contribution is 9.10. The van der Waals surface area contributed by atoms with Gasteiger partial charge in [-0.15, -0.1) is 0 Å². The van der Waals surface area contributed by atoms with Gasteiger partial charge in [0.2, 0.25) is 0 Å². The first kappa shape index (κ1) is 18.2. The van der Waals surface area contributed by atoms with Gasteiger partial charge >= 0.3 is 0 Å². The Kier molecular flexibility index (Phi) is 5.54. The number of nitrogens with zero attached hydrogens (tertiary/aromatic N) is 4. The SMILES string of the molecule is OC[C@H]1CCCC[C@H]1Nc1cc(NCc2cccnc2)n2ncc(Br)c2n1. The van der Waals surface area contributed by atoms with Gasteiger partial charge in [0.05, 0.1) is 10.7 Å². The summed E-state index contributed by atoms with van der Waals surface area (Å²) in [5, 5.41) is 21.1. The molecule has 0 unspecified atom stereocenters. The number of nitrogens with one attached hydrogen (secondary N) is 2. The molecule has 0 aliphatic heterocycles. The molecule has 3 heterocycles. The Hall–Kier alpha value is -2.19. The van der Waals surface area contributed by atoms with Gasteiger partial charge in [-0.1, -0.05) is 18.9 Å². The number of rotatable bonds is 6. The minimum absolute atomic E-state index is 0.211. The molecule has 8 heteroatoms. The van der Waals surface area contributed by atoms with Crippen molar-refractivity contribution in [2.24, 2.45) is 5.92 Å². The molecule has 4 rings (SSSR count). The lowest BCUT2D eigenvalue weighted by Crippen LogP contribution is -2.34. The highest BCUT2D eigenvalue weighted by Crippen LogP contribution is 2.28. The molecule has 0 radical (unpaired) electrons. The van der Waals surface area contributed by atoms with Gasteiger partial charge in [0.25, 0.3) is 0 Å². The number of aliphatic hydroxyl groups excluding tert-OH is 1. The Balaban J connectivity index is 1.60. The van der Waals surface area contributed by atoms with Crippen molar-refractivity contribution in [3.05, 3.63) is 46.8 Å². The largest absolute Gasteiger partial charge is 0.396 e. The van der Waals surface area contributed by atoms with Gasteiger partial charge in [-0.3, -0.25) is 4.98 Å². The van der Waals surface area contributed by atoms with E-state index in [0.29, 0.717) is 6.54 Å². The van der Waals surface area contributed by atoms with E-state index in [0.717, 1.165) is 40.2 Å². The van der Waals surface area contributed by atoms with Crippen molar-refractivity contribution in [1.82, 2.24) is 19.6 Å². The quantitative estimate of drug-likeness (QED) is 0.554. The Morgan fingerprint density at radius 2 is 2.15 bits per heavy atom. The van der Waals surface area contributed by atoms with E-state index in [9.17, 15) is 5.11 Å². The van der Waals surface area contributed by atoms with Crippen LogP contribution in [0.15, 0.2) is 41.3 Å². The predicted molar refractivity (Wildman–Crippen MR) is 109 cm³/mol. The van der Waals surface area contributed by atoms with Gasteiger partial charge in [0.15, 0.2) is 5.65 Å². The third kappa shape index (κ3) is 4.06. The lowest BCUT2D eigenvalue weighted by Gasteiger charge is -2.31. The van der Waals surface area contributed by atoms with Crippen LogP contribution in [0.4, 0.5) is 11.6 Å². The molecule has 142 valence electrons. The molecule has 3 aromatic rings. The van der Waals surface area contributed by atoms with E-state index >= 15 is 0 Å². The van der Waals surface area contributed by atoms with E-state index in [2.05, 4.69) is 36.6 Å². The molecular formula is C19H23BrN6O. The number of aromatic nitrogens is 4. The summed E-state index contributed by atoms with van der Waals surface area (Å²) in [6.45, 7) is 0.856. The van der Waals surface area contributed by atoms with Crippen molar-refractivity contribution in [2.75, 3.05) is 17.2 Å². The van der Waals surface area contributed by atoms with Crippen LogP contribution in [0.25, 0.3) is 5.65 Å². The second kappa shape index (κ2) is 8.22. The summed E-state index contributed by atoms with van der Waals surface area (Å²) in [6, 6.07) is 6.18. The number of hydrogen-bond acceptors (Lipinski definition) is 6. The van der Waals surface area contributed by atoms with Crippen LogP contribution >= 0.6 is 15.9 Å². The predicted octanol–water partition coefficient (Wildman–Crippen LogP) is 3.46. The maximum absolute atomic E-state index is 9.69. The van der Waals surface area contributed by atoms with Crippen LogP contribution in [0.5, 0.6) is 0 Å². The second-order valence-electron chi connectivity index (χ2n) is 6.95. The van der Waals surface area contributed by atoms with Crippen LogP contribution in [0.3, 0.4) is 0 Å². The molecule has 3 aromatic heterocycles. The van der Waals surface area contributed by atoms with Gasteiger partial charge < -0.3 is 15.7 Å². The van der Waals surface area contributed by atoms with E-state index in [-0.39, 0.29) is 18.6 Å². The summed E-state index contributed by atoms with van der Waals surface area (Å²) in [7, 11) is 0. The van der Waals surface area contributed by atoms with Crippen molar-refractivity contribution < 1.29 is 5.11 Å². The van der Waals surface area contributed by atoms with Gasteiger partial charge in [-0.25, -0.2) is 4.98 Å². The first-order valence-corrected chi connectivity index (χ1v) is 10.1. The molecule has 1 saturated carbocycles.